The number of hydrogen-bond donors (Lipinski definition) is 0. The molecule has 0 amide bonds. The zero-order valence-corrected chi connectivity index (χ0v) is 25.6. The summed E-state index contributed by atoms with van der Waals surface area (Å²) < 4.78 is 0. The largest absolute Gasteiger partial charge is 0.369 e. The van der Waals surface area contributed by atoms with Gasteiger partial charge in [0.05, 0.1) is 0 Å². The van der Waals surface area contributed by atoms with Gasteiger partial charge in [0, 0.05) is 48.5 Å². The molecule has 2 atom stereocenters. The number of para-hydroxylation sites is 1. The molecule has 0 spiro atoms. The van der Waals surface area contributed by atoms with Crippen LogP contribution in [0.1, 0.15) is 118 Å². The summed E-state index contributed by atoms with van der Waals surface area (Å²) >= 11 is 0. The van der Waals surface area contributed by atoms with E-state index in [0.717, 1.165) is 11.8 Å². The number of hydrogen-bond acceptors (Lipinski definition) is 3. The highest BCUT2D eigenvalue weighted by molar-refractivity contribution is 5.48. The standard InChI is InChI=1S/C34H59N3/c1-28(2)37(27-30-15-14-22-34(5,25-30)36(7)31-16-10-8-11-17-31)33(4)23-18-29(19-24-33)26-35(6)32(3)20-12-9-13-21-32/h8,10-11,16-17,28-30H,9,12-15,18-27H2,1-7H3/t29?,30?,33?,34-/m1/s1. The van der Waals surface area contributed by atoms with Gasteiger partial charge in [-0.25, -0.2) is 0 Å². The molecule has 1 unspecified atom stereocenters. The highest BCUT2D eigenvalue weighted by Crippen LogP contribution is 2.43. The Morgan fingerprint density at radius 3 is 1.95 bits per heavy atom. The molecule has 1 aromatic rings. The monoisotopic (exact) mass is 509 g/mol. The van der Waals surface area contributed by atoms with E-state index in [0.29, 0.717) is 17.1 Å². The Morgan fingerprint density at radius 1 is 0.703 bits per heavy atom. The predicted molar refractivity (Wildman–Crippen MR) is 162 cm³/mol. The second kappa shape index (κ2) is 12.0. The minimum Gasteiger partial charge on any atom is -0.369 e. The van der Waals surface area contributed by atoms with Crippen molar-refractivity contribution in [2.45, 2.75) is 141 Å². The average Bonchev–Trinajstić information content (AvgIpc) is 2.89. The molecule has 3 nitrogen and oxygen atoms in total. The first-order valence-electron chi connectivity index (χ1n) is 15.8. The number of rotatable bonds is 9. The molecule has 0 radical (unpaired) electrons. The SMILES string of the molecule is CC(C)N(CC1CCC[C@@](C)(N(C)c2ccccc2)C1)C1(C)CCC(CN(C)C2(C)CCCCC2)CC1. The first-order chi connectivity index (χ1) is 17.5. The van der Waals surface area contributed by atoms with Gasteiger partial charge in [0.2, 0.25) is 0 Å². The van der Waals surface area contributed by atoms with Crippen LogP contribution in [-0.2, 0) is 0 Å². The molecule has 3 fully saturated rings. The molecule has 3 aliphatic rings. The molecule has 3 heteroatoms. The fraction of sp³-hybridized carbons (Fsp3) is 0.824. The maximum atomic E-state index is 2.94. The van der Waals surface area contributed by atoms with Gasteiger partial charge in [-0.05, 0) is 123 Å². The lowest BCUT2D eigenvalue weighted by Crippen LogP contribution is -2.56. The van der Waals surface area contributed by atoms with E-state index in [1.165, 1.54) is 102 Å². The molecule has 1 aromatic carbocycles. The molecule has 0 heterocycles. The highest BCUT2D eigenvalue weighted by atomic mass is 15.2. The molecule has 37 heavy (non-hydrogen) atoms. The van der Waals surface area contributed by atoms with Crippen LogP contribution < -0.4 is 4.90 Å². The van der Waals surface area contributed by atoms with Crippen molar-refractivity contribution in [3.05, 3.63) is 30.3 Å². The van der Waals surface area contributed by atoms with Gasteiger partial charge in [-0.3, -0.25) is 4.90 Å². The summed E-state index contributed by atoms with van der Waals surface area (Å²) in [6.07, 6.45) is 18.0. The quantitative estimate of drug-likeness (QED) is 0.331. The molecule has 0 bridgehead atoms. The summed E-state index contributed by atoms with van der Waals surface area (Å²) in [4.78, 5) is 8.27. The topological polar surface area (TPSA) is 9.72 Å². The van der Waals surface area contributed by atoms with Gasteiger partial charge < -0.3 is 9.80 Å². The lowest BCUT2D eigenvalue weighted by Gasteiger charge is -2.52. The second-order valence-corrected chi connectivity index (χ2v) is 14.5. The Hall–Kier alpha value is -1.06. The van der Waals surface area contributed by atoms with Crippen LogP contribution in [0, 0.1) is 11.8 Å². The maximum absolute atomic E-state index is 2.94. The van der Waals surface area contributed by atoms with Crippen LogP contribution in [0.25, 0.3) is 0 Å². The van der Waals surface area contributed by atoms with Crippen LogP contribution in [0.15, 0.2) is 30.3 Å². The summed E-state index contributed by atoms with van der Waals surface area (Å²) in [6, 6.07) is 11.7. The summed E-state index contributed by atoms with van der Waals surface area (Å²) in [6.45, 7) is 15.1. The summed E-state index contributed by atoms with van der Waals surface area (Å²) in [5.41, 5.74) is 2.43. The second-order valence-electron chi connectivity index (χ2n) is 14.5. The first kappa shape index (κ1) is 28.9. The van der Waals surface area contributed by atoms with Crippen LogP contribution in [0.4, 0.5) is 5.69 Å². The number of benzene rings is 1. The van der Waals surface area contributed by atoms with E-state index in [1.54, 1.807) is 0 Å². The minimum atomic E-state index is 0.255. The molecule has 3 aliphatic carbocycles. The number of anilines is 1. The van der Waals surface area contributed by atoms with E-state index >= 15 is 0 Å². The van der Waals surface area contributed by atoms with E-state index in [4.69, 9.17) is 0 Å². The normalized spacial score (nSPS) is 32.7. The van der Waals surface area contributed by atoms with Crippen molar-refractivity contribution >= 4 is 5.69 Å². The van der Waals surface area contributed by atoms with E-state index in [2.05, 4.69) is 93.7 Å². The molecule has 4 rings (SSSR count). The fourth-order valence-electron chi connectivity index (χ4n) is 8.43. The van der Waals surface area contributed by atoms with Crippen molar-refractivity contribution in [3.8, 4) is 0 Å². The third kappa shape index (κ3) is 6.75. The third-order valence-corrected chi connectivity index (χ3v) is 11.3. The van der Waals surface area contributed by atoms with Gasteiger partial charge in [-0.1, -0.05) is 43.9 Å². The van der Waals surface area contributed by atoms with Gasteiger partial charge in [0.1, 0.15) is 0 Å². The fourth-order valence-corrected chi connectivity index (χ4v) is 8.43. The highest BCUT2D eigenvalue weighted by Gasteiger charge is 2.42. The molecule has 0 N–H and O–H groups in total. The Morgan fingerprint density at radius 2 is 1.32 bits per heavy atom. The Balaban J connectivity index is 1.35. The lowest BCUT2D eigenvalue weighted by molar-refractivity contribution is -0.00562. The molecule has 210 valence electrons. The van der Waals surface area contributed by atoms with Gasteiger partial charge in [0.25, 0.3) is 0 Å². The zero-order chi connectivity index (χ0) is 26.7. The van der Waals surface area contributed by atoms with Gasteiger partial charge in [-0.2, -0.15) is 0 Å². The van der Waals surface area contributed by atoms with Crippen LogP contribution in [0.3, 0.4) is 0 Å². The Labute approximate surface area is 230 Å². The van der Waals surface area contributed by atoms with Crippen LogP contribution in [0.5, 0.6) is 0 Å². The molecular formula is C34H59N3. The van der Waals surface area contributed by atoms with Crippen molar-refractivity contribution in [3.63, 3.8) is 0 Å². The van der Waals surface area contributed by atoms with Crippen molar-refractivity contribution in [1.82, 2.24) is 9.80 Å². The summed E-state index contributed by atoms with van der Waals surface area (Å²) in [7, 11) is 4.75. The molecular weight excluding hydrogens is 450 g/mol. The van der Waals surface area contributed by atoms with Crippen molar-refractivity contribution < 1.29 is 0 Å². The lowest BCUT2D eigenvalue weighted by atomic mass is 9.72. The van der Waals surface area contributed by atoms with Gasteiger partial charge in [-0.15, -0.1) is 0 Å². The smallest absolute Gasteiger partial charge is 0.0374 e. The zero-order valence-electron chi connectivity index (χ0n) is 25.6. The van der Waals surface area contributed by atoms with Crippen LogP contribution in [0.2, 0.25) is 0 Å². The minimum absolute atomic E-state index is 0.255. The Bertz CT molecular complexity index is 821. The van der Waals surface area contributed by atoms with Crippen LogP contribution >= 0.6 is 0 Å². The van der Waals surface area contributed by atoms with E-state index in [-0.39, 0.29) is 5.54 Å². The van der Waals surface area contributed by atoms with Crippen molar-refractivity contribution in [2.75, 3.05) is 32.1 Å². The maximum Gasteiger partial charge on any atom is 0.0374 e. The summed E-state index contributed by atoms with van der Waals surface area (Å²) in [5, 5.41) is 0. The molecule has 0 aromatic heterocycles. The average molecular weight is 510 g/mol. The number of nitrogens with zero attached hydrogens (tertiary/aromatic N) is 3. The first-order valence-corrected chi connectivity index (χ1v) is 15.8. The summed E-state index contributed by atoms with van der Waals surface area (Å²) in [5.74, 6) is 1.67. The van der Waals surface area contributed by atoms with E-state index in [1.807, 2.05) is 0 Å². The van der Waals surface area contributed by atoms with Crippen LogP contribution in [-0.4, -0.2) is 59.6 Å². The van der Waals surface area contributed by atoms with Gasteiger partial charge in [0.15, 0.2) is 0 Å². The van der Waals surface area contributed by atoms with Crippen molar-refractivity contribution in [2.24, 2.45) is 11.8 Å². The van der Waals surface area contributed by atoms with Crippen molar-refractivity contribution in [1.29, 1.82) is 0 Å². The molecule has 3 saturated carbocycles. The van der Waals surface area contributed by atoms with Gasteiger partial charge >= 0.3 is 0 Å². The molecule has 0 saturated heterocycles. The molecule has 0 aliphatic heterocycles. The van der Waals surface area contributed by atoms with E-state index in [9.17, 15) is 0 Å². The predicted octanol–water partition coefficient (Wildman–Crippen LogP) is 8.39. The third-order valence-electron chi connectivity index (χ3n) is 11.3. The van der Waals surface area contributed by atoms with E-state index < -0.39 is 0 Å². The Kier molecular flexibility index (Phi) is 9.38.